The third-order valence-corrected chi connectivity index (χ3v) is 3.22. The maximum atomic E-state index is 12.3. The molecule has 1 fully saturated rings. The first-order chi connectivity index (χ1) is 10.6. The van der Waals surface area contributed by atoms with Crippen LogP contribution in [-0.4, -0.2) is 74.0 Å². The van der Waals surface area contributed by atoms with Crippen molar-refractivity contribution in [2.75, 3.05) is 57.2 Å². The Kier molecular flexibility index (Phi) is 5.91. The molecule has 1 atom stereocenters. The van der Waals surface area contributed by atoms with E-state index in [4.69, 9.17) is 9.47 Å². The van der Waals surface area contributed by atoms with Gasteiger partial charge in [-0.2, -0.15) is 0 Å². The summed E-state index contributed by atoms with van der Waals surface area (Å²) in [6.07, 6.45) is 3.11. The van der Waals surface area contributed by atoms with Crippen LogP contribution >= 0.6 is 0 Å². The van der Waals surface area contributed by atoms with Crippen molar-refractivity contribution in [1.82, 2.24) is 14.9 Å². The maximum absolute atomic E-state index is 12.3. The summed E-state index contributed by atoms with van der Waals surface area (Å²) >= 11 is 0. The SMILES string of the molecule is CCOCC1CN(C(=O)Nc2cnc(N(C)C)nc2)CCO1. The van der Waals surface area contributed by atoms with Gasteiger partial charge in [-0.15, -0.1) is 0 Å². The highest BCUT2D eigenvalue weighted by Crippen LogP contribution is 2.11. The lowest BCUT2D eigenvalue weighted by Crippen LogP contribution is -2.48. The molecule has 0 spiro atoms. The molecule has 2 rings (SSSR count). The number of nitrogens with one attached hydrogen (secondary N) is 1. The molecule has 1 aromatic rings. The second kappa shape index (κ2) is 7.90. The van der Waals surface area contributed by atoms with Gasteiger partial charge in [-0.05, 0) is 6.92 Å². The largest absolute Gasteiger partial charge is 0.379 e. The number of morpholine rings is 1. The molecule has 0 saturated carbocycles. The first-order valence-corrected chi connectivity index (χ1v) is 7.34. The number of anilines is 2. The van der Waals surface area contributed by atoms with Crippen LogP contribution in [-0.2, 0) is 9.47 Å². The number of aromatic nitrogens is 2. The summed E-state index contributed by atoms with van der Waals surface area (Å²) in [6, 6.07) is -0.175. The zero-order valence-electron chi connectivity index (χ0n) is 13.3. The Balaban J connectivity index is 1.88. The van der Waals surface area contributed by atoms with Gasteiger partial charge in [-0.25, -0.2) is 14.8 Å². The molecule has 1 aliphatic rings. The van der Waals surface area contributed by atoms with Gasteiger partial charge in [0.25, 0.3) is 0 Å². The van der Waals surface area contributed by atoms with Crippen LogP contribution in [0.1, 0.15) is 6.92 Å². The number of ether oxygens (including phenoxy) is 2. The van der Waals surface area contributed by atoms with E-state index >= 15 is 0 Å². The van der Waals surface area contributed by atoms with Crippen LogP contribution in [0.2, 0.25) is 0 Å². The average Bonchev–Trinajstić information content (AvgIpc) is 2.53. The van der Waals surface area contributed by atoms with E-state index in [1.165, 1.54) is 0 Å². The highest BCUT2D eigenvalue weighted by molar-refractivity contribution is 5.89. The number of rotatable bonds is 5. The van der Waals surface area contributed by atoms with E-state index in [1.807, 2.05) is 21.0 Å². The maximum Gasteiger partial charge on any atom is 0.322 e. The van der Waals surface area contributed by atoms with Crippen molar-refractivity contribution in [2.24, 2.45) is 0 Å². The van der Waals surface area contributed by atoms with Crippen molar-refractivity contribution in [1.29, 1.82) is 0 Å². The molecule has 1 N–H and O–H groups in total. The fraction of sp³-hybridized carbons (Fsp3) is 0.643. The number of urea groups is 1. The van der Waals surface area contributed by atoms with Crippen LogP contribution in [0, 0.1) is 0 Å². The molecule has 8 nitrogen and oxygen atoms in total. The molecule has 0 aliphatic carbocycles. The van der Waals surface area contributed by atoms with E-state index in [2.05, 4.69) is 15.3 Å². The quantitative estimate of drug-likeness (QED) is 0.867. The van der Waals surface area contributed by atoms with E-state index < -0.39 is 0 Å². The van der Waals surface area contributed by atoms with Crippen molar-refractivity contribution in [3.8, 4) is 0 Å². The van der Waals surface area contributed by atoms with Gasteiger partial charge >= 0.3 is 6.03 Å². The second-order valence-corrected chi connectivity index (χ2v) is 5.19. The van der Waals surface area contributed by atoms with Crippen LogP contribution < -0.4 is 10.2 Å². The average molecular weight is 309 g/mol. The first kappa shape index (κ1) is 16.4. The highest BCUT2D eigenvalue weighted by atomic mass is 16.5. The molecule has 2 heterocycles. The number of nitrogens with zero attached hydrogens (tertiary/aromatic N) is 4. The number of hydrogen-bond donors (Lipinski definition) is 1. The van der Waals surface area contributed by atoms with Crippen LogP contribution in [0.25, 0.3) is 0 Å². The lowest BCUT2D eigenvalue weighted by molar-refractivity contribution is -0.0555. The summed E-state index contributed by atoms with van der Waals surface area (Å²) in [5.41, 5.74) is 0.573. The fourth-order valence-electron chi connectivity index (χ4n) is 2.07. The summed E-state index contributed by atoms with van der Waals surface area (Å²) < 4.78 is 10.9. The van der Waals surface area contributed by atoms with Gasteiger partial charge in [0.05, 0.1) is 43.9 Å². The first-order valence-electron chi connectivity index (χ1n) is 7.34. The normalized spacial score (nSPS) is 18.1. The number of amides is 2. The minimum absolute atomic E-state index is 0.0770. The van der Waals surface area contributed by atoms with Crippen molar-refractivity contribution in [3.05, 3.63) is 12.4 Å². The van der Waals surface area contributed by atoms with Gasteiger partial charge in [-0.1, -0.05) is 0 Å². The molecule has 1 unspecified atom stereocenters. The van der Waals surface area contributed by atoms with Gasteiger partial charge in [0.15, 0.2) is 0 Å². The summed E-state index contributed by atoms with van der Waals surface area (Å²) in [6.45, 7) is 4.67. The van der Waals surface area contributed by atoms with E-state index in [1.54, 1.807) is 22.2 Å². The molecule has 2 amide bonds. The molecule has 1 saturated heterocycles. The Morgan fingerprint density at radius 1 is 1.50 bits per heavy atom. The fourth-order valence-corrected chi connectivity index (χ4v) is 2.07. The van der Waals surface area contributed by atoms with E-state index in [-0.39, 0.29) is 12.1 Å². The van der Waals surface area contributed by atoms with Gasteiger partial charge in [-0.3, -0.25) is 0 Å². The summed E-state index contributed by atoms with van der Waals surface area (Å²) in [5.74, 6) is 0.598. The van der Waals surface area contributed by atoms with Gasteiger partial charge in [0, 0.05) is 27.2 Å². The molecular weight excluding hydrogens is 286 g/mol. The number of carbonyl (C=O) groups excluding carboxylic acids is 1. The van der Waals surface area contributed by atoms with Gasteiger partial charge in [0.2, 0.25) is 5.95 Å². The molecule has 8 heteroatoms. The van der Waals surface area contributed by atoms with E-state index in [0.717, 1.165) is 0 Å². The van der Waals surface area contributed by atoms with Crippen molar-refractivity contribution >= 4 is 17.7 Å². The minimum atomic E-state index is -0.175. The number of carbonyl (C=O) groups is 1. The predicted molar refractivity (Wildman–Crippen MR) is 83.2 cm³/mol. The Labute approximate surface area is 130 Å². The van der Waals surface area contributed by atoms with Gasteiger partial charge < -0.3 is 24.6 Å². The molecule has 0 bridgehead atoms. The summed E-state index contributed by atoms with van der Waals surface area (Å²) in [4.78, 5) is 24.1. The van der Waals surface area contributed by atoms with Crippen molar-refractivity contribution in [2.45, 2.75) is 13.0 Å². The highest BCUT2D eigenvalue weighted by Gasteiger charge is 2.24. The minimum Gasteiger partial charge on any atom is -0.379 e. The lowest BCUT2D eigenvalue weighted by Gasteiger charge is -2.32. The van der Waals surface area contributed by atoms with E-state index in [0.29, 0.717) is 44.5 Å². The molecule has 1 aromatic heterocycles. The third-order valence-electron chi connectivity index (χ3n) is 3.22. The monoisotopic (exact) mass is 309 g/mol. The molecular formula is C14H23N5O3. The summed E-state index contributed by atoms with van der Waals surface area (Å²) in [7, 11) is 3.72. The zero-order valence-corrected chi connectivity index (χ0v) is 13.3. The standard InChI is InChI=1S/C14H23N5O3/c1-4-21-10-12-9-19(5-6-22-12)14(20)17-11-7-15-13(16-8-11)18(2)3/h7-8,12H,4-6,9-10H2,1-3H3,(H,17,20). The van der Waals surface area contributed by atoms with Crippen molar-refractivity contribution < 1.29 is 14.3 Å². The third kappa shape index (κ3) is 4.54. The predicted octanol–water partition coefficient (Wildman–Crippen LogP) is 0.812. The van der Waals surface area contributed by atoms with Gasteiger partial charge in [0.1, 0.15) is 0 Å². The summed E-state index contributed by atoms with van der Waals surface area (Å²) in [5, 5.41) is 2.80. The smallest absolute Gasteiger partial charge is 0.322 e. The van der Waals surface area contributed by atoms with Crippen molar-refractivity contribution in [3.63, 3.8) is 0 Å². The Hall–Kier alpha value is -1.93. The van der Waals surface area contributed by atoms with Crippen LogP contribution in [0.15, 0.2) is 12.4 Å². The number of hydrogen-bond acceptors (Lipinski definition) is 6. The zero-order chi connectivity index (χ0) is 15.9. The second-order valence-electron chi connectivity index (χ2n) is 5.19. The molecule has 1 aliphatic heterocycles. The lowest BCUT2D eigenvalue weighted by atomic mass is 10.3. The van der Waals surface area contributed by atoms with Crippen LogP contribution in [0.5, 0.6) is 0 Å². The Bertz CT molecular complexity index is 480. The van der Waals surface area contributed by atoms with Crippen LogP contribution in [0.3, 0.4) is 0 Å². The molecule has 122 valence electrons. The Morgan fingerprint density at radius 3 is 2.86 bits per heavy atom. The van der Waals surface area contributed by atoms with Crippen LogP contribution in [0.4, 0.5) is 16.4 Å². The molecule has 22 heavy (non-hydrogen) atoms. The Morgan fingerprint density at radius 2 is 2.23 bits per heavy atom. The van der Waals surface area contributed by atoms with E-state index in [9.17, 15) is 4.79 Å². The molecule has 0 radical (unpaired) electrons. The topological polar surface area (TPSA) is 79.8 Å². The molecule has 0 aromatic carbocycles.